The van der Waals surface area contributed by atoms with Gasteiger partial charge in [0.25, 0.3) is 0 Å². The monoisotopic (exact) mass is 351 g/mol. The molecule has 0 aliphatic rings. The predicted octanol–water partition coefficient (Wildman–Crippen LogP) is 3.85. The minimum Gasteiger partial charge on any atom is -0.497 e. The van der Waals surface area contributed by atoms with Crippen molar-refractivity contribution in [3.8, 4) is 5.75 Å². The number of carbonyl (C=O) groups is 1. The number of rotatable bonds is 5. The van der Waals surface area contributed by atoms with E-state index in [0.717, 1.165) is 20.7 Å². The van der Waals surface area contributed by atoms with Crippen LogP contribution in [0.3, 0.4) is 0 Å². The van der Waals surface area contributed by atoms with Crippen LogP contribution in [0.25, 0.3) is 6.08 Å². The Labute approximate surface area is 130 Å². The molecule has 2 aromatic rings. The first-order valence-electron chi connectivity index (χ1n) is 6.00. The lowest BCUT2D eigenvalue weighted by Crippen LogP contribution is -2.19. The lowest BCUT2D eigenvalue weighted by atomic mass is 10.2. The topological polar surface area (TPSA) is 38.3 Å². The summed E-state index contributed by atoms with van der Waals surface area (Å²) in [5.41, 5.74) is 0.929. The molecule has 1 aromatic carbocycles. The molecule has 0 bridgehead atoms. The molecular weight excluding hydrogens is 338 g/mol. The van der Waals surface area contributed by atoms with Gasteiger partial charge < -0.3 is 10.1 Å². The van der Waals surface area contributed by atoms with Crippen LogP contribution in [0.1, 0.15) is 10.4 Å². The fourth-order valence-electron chi connectivity index (χ4n) is 1.60. The number of hydrogen-bond donors (Lipinski definition) is 1. The molecule has 0 saturated carbocycles. The summed E-state index contributed by atoms with van der Waals surface area (Å²) in [6, 6.07) is 9.55. The van der Waals surface area contributed by atoms with Crippen LogP contribution in [0.5, 0.6) is 5.75 Å². The normalized spacial score (nSPS) is 10.7. The van der Waals surface area contributed by atoms with Crippen LogP contribution in [0.4, 0.5) is 0 Å². The summed E-state index contributed by atoms with van der Waals surface area (Å²) in [4.78, 5) is 12.8. The number of nitrogens with one attached hydrogen (secondary N) is 1. The van der Waals surface area contributed by atoms with Gasteiger partial charge in [-0.15, -0.1) is 11.3 Å². The van der Waals surface area contributed by atoms with E-state index in [1.165, 1.54) is 6.08 Å². The fraction of sp³-hybridized carbons (Fsp3) is 0.133. The van der Waals surface area contributed by atoms with Crippen molar-refractivity contribution >= 4 is 39.2 Å². The van der Waals surface area contributed by atoms with Crippen LogP contribution in [0, 0.1) is 0 Å². The van der Waals surface area contributed by atoms with Gasteiger partial charge in [-0.1, -0.05) is 12.1 Å². The van der Waals surface area contributed by atoms with E-state index in [1.807, 2.05) is 35.7 Å². The molecule has 0 radical (unpaired) electrons. The molecule has 1 N–H and O–H groups in total. The SMILES string of the molecule is COc1cccc(/C=C/C(=O)NCc2cc(Br)cs2)c1. The zero-order chi connectivity index (χ0) is 14.4. The molecule has 5 heteroatoms. The third-order valence-electron chi connectivity index (χ3n) is 2.58. The number of ether oxygens (including phenoxy) is 1. The molecule has 1 amide bonds. The van der Waals surface area contributed by atoms with Gasteiger partial charge in [-0.2, -0.15) is 0 Å². The second kappa shape index (κ2) is 7.26. The average molecular weight is 352 g/mol. The van der Waals surface area contributed by atoms with Crippen molar-refractivity contribution in [2.75, 3.05) is 7.11 Å². The number of hydrogen-bond acceptors (Lipinski definition) is 3. The number of halogens is 1. The number of amides is 1. The van der Waals surface area contributed by atoms with Gasteiger partial charge in [0, 0.05) is 20.8 Å². The van der Waals surface area contributed by atoms with Gasteiger partial charge in [0.05, 0.1) is 13.7 Å². The van der Waals surface area contributed by atoms with E-state index in [-0.39, 0.29) is 5.91 Å². The molecule has 0 aliphatic carbocycles. The number of carbonyl (C=O) groups excluding carboxylic acids is 1. The molecule has 0 saturated heterocycles. The van der Waals surface area contributed by atoms with E-state index in [2.05, 4.69) is 21.2 Å². The van der Waals surface area contributed by atoms with Crippen molar-refractivity contribution in [1.82, 2.24) is 5.32 Å². The van der Waals surface area contributed by atoms with Gasteiger partial charge in [-0.25, -0.2) is 0 Å². The molecule has 104 valence electrons. The van der Waals surface area contributed by atoms with Gasteiger partial charge in [0.1, 0.15) is 5.75 Å². The van der Waals surface area contributed by atoms with Crippen molar-refractivity contribution in [2.45, 2.75) is 6.54 Å². The Morgan fingerprint density at radius 2 is 2.30 bits per heavy atom. The molecule has 20 heavy (non-hydrogen) atoms. The smallest absolute Gasteiger partial charge is 0.244 e. The third-order valence-corrected chi connectivity index (χ3v) is 4.28. The quantitative estimate of drug-likeness (QED) is 0.830. The summed E-state index contributed by atoms with van der Waals surface area (Å²) in [7, 11) is 1.62. The molecule has 3 nitrogen and oxygen atoms in total. The first kappa shape index (κ1) is 14.8. The van der Waals surface area contributed by atoms with E-state index >= 15 is 0 Å². The minimum atomic E-state index is -0.114. The summed E-state index contributed by atoms with van der Waals surface area (Å²) >= 11 is 4.99. The van der Waals surface area contributed by atoms with Crippen molar-refractivity contribution in [2.24, 2.45) is 0 Å². The first-order chi connectivity index (χ1) is 9.67. The second-order valence-corrected chi connectivity index (χ2v) is 5.97. The van der Waals surface area contributed by atoms with Crippen molar-refractivity contribution in [1.29, 1.82) is 0 Å². The second-order valence-electron chi connectivity index (χ2n) is 4.06. The predicted molar refractivity (Wildman–Crippen MR) is 85.9 cm³/mol. The first-order valence-corrected chi connectivity index (χ1v) is 7.67. The van der Waals surface area contributed by atoms with Gasteiger partial charge in [-0.05, 0) is 45.8 Å². The standard InChI is InChI=1S/C15H14BrNO2S/c1-19-13-4-2-3-11(7-13)5-6-15(18)17-9-14-8-12(16)10-20-14/h2-8,10H,9H2,1H3,(H,17,18)/b6-5+. The molecule has 0 unspecified atom stereocenters. The van der Waals surface area contributed by atoms with Gasteiger partial charge >= 0.3 is 0 Å². The molecule has 1 aromatic heterocycles. The number of methoxy groups -OCH3 is 1. The highest BCUT2D eigenvalue weighted by molar-refractivity contribution is 9.10. The molecule has 2 rings (SSSR count). The zero-order valence-electron chi connectivity index (χ0n) is 10.9. The maximum absolute atomic E-state index is 11.7. The van der Waals surface area contributed by atoms with Crippen LogP contribution < -0.4 is 10.1 Å². The third kappa shape index (κ3) is 4.51. The average Bonchev–Trinajstić information content (AvgIpc) is 2.89. The Hall–Kier alpha value is -1.59. The van der Waals surface area contributed by atoms with Crippen LogP contribution >= 0.6 is 27.3 Å². The molecule has 0 fully saturated rings. The van der Waals surface area contributed by atoms with E-state index in [0.29, 0.717) is 6.54 Å². The molecule has 0 aliphatic heterocycles. The van der Waals surface area contributed by atoms with E-state index < -0.39 is 0 Å². The Bertz CT molecular complexity index is 622. The summed E-state index contributed by atoms with van der Waals surface area (Å²) in [6.07, 6.45) is 3.29. The largest absolute Gasteiger partial charge is 0.497 e. The molecule has 0 spiro atoms. The maximum Gasteiger partial charge on any atom is 0.244 e. The van der Waals surface area contributed by atoms with Crippen molar-refractivity contribution in [3.63, 3.8) is 0 Å². The van der Waals surface area contributed by atoms with Crippen LogP contribution in [0.2, 0.25) is 0 Å². The Morgan fingerprint density at radius 3 is 3.00 bits per heavy atom. The lowest BCUT2D eigenvalue weighted by Gasteiger charge is -2.01. The highest BCUT2D eigenvalue weighted by Gasteiger charge is 2.00. The number of benzene rings is 1. The summed E-state index contributed by atoms with van der Waals surface area (Å²) in [6.45, 7) is 0.539. The minimum absolute atomic E-state index is 0.114. The maximum atomic E-state index is 11.7. The molecule has 0 atom stereocenters. The number of thiophene rings is 1. The fourth-order valence-corrected chi connectivity index (χ4v) is 2.99. The Kier molecular flexibility index (Phi) is 5.38. The Balaban J connectivity index is 1.88. The van der Waals surface area contributed by atoms with Crippen LogP contribution in [-0.4, -0.2) is 13.0 Å². The van der Waals surface area contributed by atoms with Crippen LogP contribution in [0.15, 0.2) is 46.3 Å². The molecule has 1 heterocycles. The summed E-state index contributed by atoms with van der Waals surface area (Å²) in [5, 5.41) is 4.84. The summed E-state index contributed by atoms with van der Waals surface area (Å²) in [5.74, 6) is 0.660. The molecular formula is C15H14BrNO2S. The lowest BCUT2D eigenvalue weighted by molar-refractivity contribution is -0.116. The summed E-state index contributed by atoms with van der Waals surface area (Å²) < 4.78 is 6.17. The van der Waals surface area contributed by atoms with E-state index in [4.69, 9.17) is 4.74 Å². The van der Waals surface area contributed by atoms with E-state index in [9.17, 15) is 4.79 Å². The highest BCUT2D eigenvalue weighted by atomic mass is 79.9. The zero-order valence-corrected chi connectivity index (χ0v) is 13.3. The van der Waals surface area contributed by atoms with Crippen molar-refractivity contribution in [3.05, 3.63) is 56.7 Å². The highest BCUT2D eigenvalue weighted by Crippen LogP contribution is 2.19. The Morgan fingerprint density at radius 1 is 1.45 bits per heavy atom. The van der Waals surface area contributed by atoms with Gasteiger partial charge in [0.2, 0.25) is 5.91 Å². The van der Waals surface area contributed by atoms with E-state index in [1.54, 1.807) is 24.5 Å². The van der Waals surface area contributed by atoms with Gasteiger partial charge in [0.15, 0.2) is 0 Å². The van der Waals surface area contributed by atoms with Crippen LogP contribution in [-0.2, 0) is 11.3 Å². The van der Waals surface area contributed by atoms with Crippen molar-refractivity contribution < 1.29 is 9.53 Å². The van der Waals surface area contributed by atoms with Gasteiger partial charge in [-0.3, -0.25) is 4.79 Å².